The molecular formula is C25H23N3O2. The smallest absolute Gasteiger partial charge is 0.275 e. The van der Waals surface area contributed by atoms with Crippen LogP contribution in [0.5, 0.6) is 5.75 Å². The Bertz CT molecular complexity index is 1240. The van der Waals surface area contributed by atoms with E-state index in [9.17, 15) is 4.79 Å². The zero-order valence-corrected chi connectivity index (χ0v) is 17.2. The molecule has 0 aliphatic rings. The van der Waals surface area contributed by atoms with E-state index >= 15 is 0 Å². The van der Waals surface area contributed by atoms with Gasteiger partial charge in [0, 0.05) is 22.6 Å². The van der Waals surface area contributed by atoms with Crippen molar-refractivity contribution >= 4 is 22.9 Å². The first-order chi connectivity index (χ1) is 14.6. The van der Waals surface area contributed by atoms with Crippen molar-refractivity contribution < 1.29 is 9.53 Å². The number of amides is 1. The first-order valence-corrected chi connectivity index (χ1v) is 9.73. The number of nitrogens with zero attached hydrogens (tertiary/aromatic N) is 2. The zero-order valence-electron chi connectivity index (χ0n) is 17.2. The summed E-state index contributed by atoms with van der Waals surface area (Å²) in [5.74, 6) is 0.203. The van der Waals surface area contributed by atoms with E-state index in [1.807, 2.05) is 61.5 Å². The Kier molecular flexibility index (Phi) is 5.35. The molecule has 0 saturated carbocycles. The van der Waals surface area contributed by atoms with Gasteiger partial charge in [-0.25, -0.2) is 5.43 Å². The number of rotatable bonds is 5. The number of benzene rings is 3. The molecule has 0 saturated heterocycles. The summed E-state index contributed by atoms with van der Waals surface area (Å²) in [7, 11) is 1.56. The van der Waals surface area contributed by atoms with Gasteiger partial charge in [-0.3, -0.25) is 4.79 Å². The minimum Gasteiger partial charge on any atom is -0.496 e. The molecule has 1 aromatic heterocycles. The Balaban J connectivity index is 1.57. The molecule has 3 aromatic carbocycles. The number of aryl methyl sites for hydroxylation is 1. The Hall–Kier alpha value is -3.86. The summed E-state index contributed by atoms with van der Waals surface area (Å²) in [5.41, 5.74) is 7.27. The van der Waals surface area contributed by atoms with Crippen LogP contribution in [0, 0.1) is 13.8 Å². The number of nitrogens with one attached hydrogen (secondary N) is 1. The predicted octanol–water partition coefficient (Wildman–Crippen LogP) is 5.02. The molecule has 0 spiro atoms. The Morgan fingerprint density at radius 3 is 2.33 bits per heavy atom. The van der Waals surface area contributed by atoms with Crippen molar-refractivity contribution in [2.45, 2.75) is 13.8 Å². The second-order valence-electron chi connectivity index (χ2n) is 7.10. The highest BCUT2D eigenvalue weighted by Gasteiger charge is 2.14. The van der Waals surface area contributed by atoms with Crippen molar-refractivity contribution in [3.63, 3.8) is 0 Å². The lowest BCUT2D eigenvalue weighted by atomic mass is 10.1. The molecule has 0 unspecified atom stereocenters. The Labute approximate surface area is 175 Å². The minimum atomic E-state index is -0.314. The van der Waals surface area contributed by atoms with E-state index in [1.54, 1.807) is 13.3 Å². The van der Waals surface area contributed by atoms with Gasteiger partial charge in [0.2, 0.25) is 0 Å². The molecule has 0 aliphatic carbocycles. The molecule has 0 aliphatic heterocycles. The third kappa shape index (κ3) is 3.70. The number of hydrogen-bond acceptors (Lipinski definition) is 3. The van der Waals surface area contributed by atoms with Crippen LogP contribution in [0.1, 0.15) is 27.3 Å². The van der Waals surface area contributed by atoms with Gasteiger partial charge in [0.15, 0.2) is 0 Å². The standard InChI is InChI=1S/C25H23N3O2/c1-17-13-21(18(2)28(17)22-11-5-4-6-12-22)16-26-27-25(29)23-14-19-9-7-8-10-20(19)15-24(23)30-3/h4-16H,1-3H3,(H,27,29). The number of carbonyl (C=O) groups excluding carboxylic acids is 1. The van der Waals surface area contributed by atoms with Crippen molar-refractivity contribution in [3.05, 3.63) is 95.3 Å². The molecule has 1 heterocycles. The van der Waals surface area contributed by atoms with Gasteiger partial charge < -0.3 is 9.30 Å². The number of fused-ring (bicyclic) bond motifs is 1. The molecule has 4 rings (SSSR count). The molecule has 0 radical (unpaired) electrons. The minimum absolute atomic E-state index is 0.314. The van der Waals surface area contributed by atoms with Gasteiger partial charge in [0.05, 0.1) is 18.9 Å². The van der Waals surface area contributed by atoms with Crippen LogP contribution in [0.3, 0.4) is 0 Å². The number of hydrogen-bond donors (Lipinski definition) is 1. The second kappa shape index (κ2) is 8.25. The number of methoxy groups -OCH3 is 1. The average Bonchev–Trinajstić information content (AvgIpc) is 3.06. The predicted molar refractivity (Wildman–Crippen MR) is 121 cm³/mol. The quantitative estimate of drug-likeness (QED) is 0.380. The van der Waals surface area contributed by atoms with Crippen LogP contribution >= 0.6 is 0 Å². The average molecular weight is 397 g/mol. The van der Waals surface area contributed by atoms with Gasteiger partial charge in [-0.2, -0.15) is 5.10 Å². The molecule has 4 aromatic rings. The SMILES string of the molecule is COc1cc2ccccc2cc1C(=O)NN=Cc1cc(C)n(-c2ccccc2)c1C. The molecule has 5 nitrogen and oxygen atoms in total. The van der Waals surface area contributed by atoms with E-state index in [0.29, 0.717) is 11.3 Å². The monoisotopic (exact) mass is 397 g/mol. The van der Waals surface area contributed by atoms with Crippen LogP contribution in [0.2, 0.25) is 0 Å². The number of para-hydroxylation sites is 1. The fourth-order valence-electron chi connectivity index (χ4n) is 3.68. The van der Waals surface area contributed by atoms with E-state index in [4.69, 9.17) is 4.74 Å². The summed E-state index contributed by atoms with van der Waals surface area (Å²) >= 11 is 0. The van der Waals surface area contributed by atoms with E-state index in [-0.39, 0.29) is 5.91 Å². The first kappa shape index (κ1) is 19.5. The molecule has 0 fully saturated rings. The van der Waals surface area contributed by atoms with Crippen molar-refractivity contribution in [2.24, 2.45) is 5.10 Å². The Morgan fingerprint density at radius 2 is 1.63 bits per heavy atom. The van der Waals surface area contributed by atoms with Crippen LogP contribution in [-0.4, -0.2) is 23.8 Å². The lowest BCUT2D eigenvalue weighted by molar-refractivity contribution is 0.0952. The maximum Gasteiger partial charge on any atom is 0.275 e. The molecule has 0 atom stereocenters. The van der Waals surface area contributed by atoms with E-state index in [0.717, 1.165) is 33.4 Å². The van der Waals surface area contributed by atoms with Gasteiger partial charge in [-0.05, 0) is 55.0 Å². The summed E-state index contributed by atoms with van der Waals surface area (Å²) in [4.78, 5) is 12.7. The lowest BCUT2D eigenvalue weighted by Crippen LogP contribution is -2.18. The zero-order chi connectivity index (χ0) is 21.1. The summed E-state index contributed by atoms with van der Waals surface area (Å²) < 4.78 is 7.57. The number of hydrazone groups is 1. The topological polar surface area (TPSA) is 55.6 Å². The molecule has 1 amide bonds. The van der Waals surface area contributed by atoms with Gasteiger partial charge in [-0.15, -0.1) is 0 Å². The summed E-state index contributed by atoms with van der Waals surface area (Å²) in [6.45, 7) is 4.09. The van der Waals surface area contributed by atoms with Crippen LogP contribution in [0.15, 0.2) is 77.9 Å². The van der Waals surface area contributed by atoms with Gasteiger partial charge >= 0.3 is 0 Å². The van der Waals surface area contributed by atoms with Crippen LogP contribution in [-0.2, 0) is 0 Å². The highest BCUT2D eigenvalue weighted by atomic mass is 16.5. The van der Waals surface area contributed by atoms with Crippen LogP contribution in [0.4, 0.5) is 0 Å². The highest BCUT2D eigenvalue weighted by molar-refractivity contribution is 6.02. The van der Waals surface area contributed by atoms with Crippen LogP contribution < -0.4 is 10.2 Å². The number of carbonyl (C=O) groups is 1. The largest absolute Gasteiger partial charge is 0.496 e. The summed E-state index contributed by atoms with van der Waals surface area (Å²) in [6.07, 6.45) is 1.67. The number of aromatic nitrogens is 1. The van der Waals surface area contributed by atoms with Crippen molar-refractivity contribution in [2.75, 3.05) is 7.11 Å². The normalized spacial score (nSPS) is 11.2. The van der Waals surface area contributed by atoms with Crippen molar-refractivity contribution in [3.8, 4) is 11.4 Å². The third-order valence-electron chi connectivity index (χ3n) is 5.17. The van der Waals surface area contributed by atoms with E-state index in [1.165, 1.54) is 0 Å². The maximum absolute atomic E-state index is 12.7. The third-order valence-corrected chi connectivity index (χ3v) is 5.17. The summed E-state index contributed by atoms with van der Waals surface area (Å²) in [6, 6.07) is 23.7. The van der Waals surface area contributed by atoms with Crippen LogP contribution in [0.25, 0.3) is 16.5 Å². The Morgan fingerprint density at radius 1 is 0.967 bits per heavy atom. The molecule has 30 heavy (non-hydrogen) atoms. The van der Waals surface area contributed by atoms with E-state index < -0.39 is 0 Å². The fraction of sp³-hybridized carbons (Fsp3) is 0.120. The van der Waals surface area contributed by atoms with Gasteiger partial charge in [0.25, 0.3) is 5.91 Å². The molecule has 0 bridgehead atoms. The molecule has 1 N–H and O–H groups in total. The molecule has 150 valence electrons. The second-order valence-corrected chi connectivity index (χ2v) is 7.10. The fourth-order valence-corrected chi connectivity index (χ4v) is 3.68. The maximum atomic E-state index is 12.7. The number of ether oxygens (including phenoxy) is 1. The van der Waals surface area contributed by atoms with Crippen molar-refractivity contribution in [1.29, 1.82) is 0 Å². The summed E-state index contributed by atoms with van der Waals surface area (Å²) in [5, 5.41) is 6.18. The van der Waals surface area contributed by atoms with E-state index in [2.05, 4.69) is 40.2 Å². The first-order valence-electron chi connectivity index (χ1n) is 9.73. The van der Waals surface area contributed by atoms with Gasteiger partial charge in [0.1, 0.15) is 5.75 Å². The lowest BCUT2D eigenvalue weighted by Gasteiger charge is -2.09. The van der Waals surface area contributed by atoms with Gasteiger partial charge in [-0.1, -0.05) is 42.5 Å². The molecular weight excluding hydrogens is 374 g/mol. The highest BCUT2D eigenvalue weighted by Crippen LogP contribution is 2.26. The van der Waals surface area contributed by atoms with Crippen molar-refractivity contribution in [1.82, 2.24) is 9.99 Å². The molecule has 5 heteroatoms.